The summed E-state index contributed by atoms with van der Waals surface area (Å²) in [6.45, 7) is 6.22. The SMILES string of the molecule is CN=C(NCC1CCN(C)C1)N(C)Cc1csc(C)n1.I. The lowest BCUT2D eigenvalue weighted by molar-refractivity contribution is 0.390. The maximum absolute atomic E-state index is 4.50. The molecule has 21 heavy (non-hydrogen) atoms. The van der Waals surface area contributed by atoms with Crippen molar-refractivity contribution in [2.45, 2.75) is 19.9 Å². The summed E-state index contributed by atoms with van der Waals surface area (Å²) < 4.78 is 0. The molecular weight excluding hydrogens is 397 g/mol. The predicted molar refractivity (Wildman–Crippen MR) is 101 cm³/mol. The van der Waals surface area contributed by atoms with Crippen LogP contribution < -0.4 is 5.32 Å². The van der Waals surface area contributed by atoms with E-state index in [4.69, 9.17) is 0 Å². The number of nitrogens with one attached hydrogen (secondary N) is 1. The quantitative estimate of drug-likeness (QED) is 0.457. The number of aryl methyl sites for hydroxylation is 1. The van der Waals surface area contributed by atoms with Crippen molar-refractivity contribution in [2.24, 2.45) is 10.9 Å². The Labute approximate surface area is 148 Å². The summed E-state index contributed by atoms with van der Waals surface area (Å²) in [5.74, 6) is 1.68. The summed E-state index contributed by atoms with van der Waals surface area (Å²) in [5, 5.41) is 6.72. The first-order chi connectivity index (χ1) is 9.58. The van der Waals surface area contributed by atoms with Crippen molar-refractivity contribution in [1.29, 1.82) is 0 Å². The van der Waals surface area contributed by atoms with Crippen molar-refractivity contribution < 1.29 is 0 Å². The molecule has 1 aromatic rings. The van der Waals surface area contributed by atoms with Gasteiger partial charge >= 0.3 is 0 Å². The van der Waals surface area contributed by atoms with Gasteiger partial charge in [0.15, 0.2) is 5.96 Å². The molecule has 120 valence electrons. The summed E-state index contributed by atoms with van der Waals surface area (Å²) in [7, 11) is 6.09. The Morgan fingerprint density at radius 2 is 2.38 bits per heavy atom. The number of likely N-dealkylation sites (tertiary alicyclic amines) is 1. The summed E-state index contributed by atoms with van der Waals surface area (Å²) in [4.78, 5) is 13.4. The van der Waals surface area contributed by atoms with Gasteiger partial charge in [0, 0.05) is 32.6 Å². The molecule has 0 amide bonds. The van der Waals surface area contributed by atoms with Crippen LogP contribution in [0.15, 0.2) is 10.4 Å². The Hall–Kier alpha value is -0.410. The lowest BCUT2D eigenvalue weighted by atomic mass is 10.1. The molecular formula is C14H26IN5S. The molecule has 1 atom stereocenters. The van der Waals surface area contributed by atoms with E-state index in [1.165, 1.54) is 19.5 Å². The van der Waals surface area contributed by atoms with Gasteiger partial charge in [0.05, 0.1) is 17.2 Å². The zero-order valence-corrected chi connectivity index (χ0v) is 16.4. The van der Waals surface area contributed by atoms with E-state index in [-0.39, 0.29) is 24.0 Å². The third kappa shape index (κ3) is 5.71. The van der Waals surface area contributed by atoms with Crippen LogP contribution in [0.25, 0.3) is 0 Å². The number of hydrogen-bond donors (Lipinski definition) is 1. The van der Waals surface area contributed by atoms with Crippen LogP contribution in [0.5, 0.6) is 0 Å². The van der Waals surface area contributed by atoms with Crippen molar-refractivity contribution in [1.82, 2.24) is 20.1 Å². The standard InChI is InChI=1S/C14H25N5S.HI/c1-11-17-13(10-20-11)9-19(4)14(15-2)16-7-12-5-6-18(3)8-12;/h10,12H,5-9H2,1-4H3,(H,15,16);1H. The van der Waals surface area contributed by atoms with Crippen molar-refractivity contribution >= 4 is 41.3 Å². The number of thiazole rings is 1. The van der Waals surface area contributed by atoms with E-state index >= 15 is 0 Å². The average Bonchev–Trinajstić information content (AvgIpc) is 2.99. The van der Waals surface area contributed by atoms with Gasteiger partial charge in [0.25, 0.3) is 0 Å². The van der Waals surface area contributed by atoms with Crippen molar-refractivity contribution in [2.75, 3.05) is 40.8 Å². The van der Waals surface area contributed by atoms with Crippen LogP contribution in [0.4, 0.5) is 0 Å². The third-order valence-corrected chi connectivity index (χ3v) is 4.50. The van der Waals surface area contributed by atoms with E-state index in [2.05, 4.69) is 44.6 Å². The highest BCUT2D eigenvalue weighted by Crippen LogP contribution is 2.13. The minimum absolute atomic E-state index is 0. The van der Waals surface area contributed by atoms with E-state index in [9.17, 15) is 0 Å². The van der Waals surface area contributed by atoms with Gasteiger partial charge in [-0.05, 0) is 32.9 Å². The summed E-state index contributed by atoms with van der Waals surface area (Å²) in [6, 6.07) is 0. The zero-order chi connectivity index (χ0) is 14.5. The molecule has 2 heterocycles. The van der Waals surface area contributed by atoms with Crippen molar-refractivity contribution in [3.05, 3.63) is 16.1 Å². The highest BCUT2D eigenvalue weighted by molar-refractivity contribution is 14.0. The molecule has 5 nitrogen and oxygen atoms in total. The summed E-state index contributed by atoms with van der Waals surface area (Å²) >= 11 is 1.70. The molecule has 0 aliphatic carbocycles. The first-order valence-electron chi connectivity index (χ1n) is 7.10. The third-order valence-electron chi connectivity index (χ3n) is 3.68. The number of rotatable bonds is 4. The minimum atomic E-state index is 0. The number of guanidine groups is 1. The Bertz CT molecular complexity index is 462. The van der Waals surface area contributed by atoms with Gasteiger partial charge in [-0.2, -0.15) is 0 Å². The first-order valence-corrected chi connectivity index (χ1v) is 7.97. The molecule has 0 spiro atoms. The molecule has 0 aromatic carbocycles. The fourth-order valence-corrected chi connectivity index (χ4v) is 3.22. The highest BCUT2D eigenvalue weighted by Gasteiger charge is 2.20. The van der Waals surface area contributed by atoms with Crippen LogP contribution in [-0.2, 0) is 6.54 Å². The van der Waals surface area contributed by atoms with Gasteiger partial charge < -0.3 is 15.1 Å². The Morgan fingerprint density at radius 1 is 1.62 bits per heavy atom. The normalized spacial score (nSPS) is 19.4. The molecule has 1 aliphatic rings. The van der Waals surface area contributed by atoms with Crippen molar-refractivity contribution in [3.8, 4) is 0 Å². The van der Waals surface area contributed by atoms with E-state index in [1.807, 2.05) is 14.0 Å². The first kappa shape index (κ1) is 18.6. The molecule has 1 fully saturated rings. The van der Waals surface area contributed by atoms with E-state index in [0.29, 0.717) is 0 Å². The van der Waals surface area contributed by atoms with Gasteiger partial charge in [-0.25, -0.2) is 4.98 Å². The molecule has 1 aliphatic heterocycles. The molecule has 0 bridgehead atoms. The second-order valence-electron chi connectivity index (χ2n) is 5.56. The molecule has 2 rings (SSSR count). The van der Waals surface area contributed by atoms with Crippen LogP contribution in [0.1, 0.15) is 17.1 Å². The lowest BCUT2D eigenvalue weighted by Gasteiger charge is -2.22. The second kappa shape index (κ2) is 8.89. The monoisotopic (exact) mass is 423 g/mol. The van der Waals surface area contributed by atoms with E-state index in [0.717, 1.165) is 35.7 Å². The van der Waals surface area contributed by atoms with Crippen LogP contribution in [0.2, 0.25) is 0 Å². The Kier molecular flexibility index (Phi) is 7.89. The number of halogens is 1. The van der Waals surface area contributed by atoms with Gasteiger partial charge in [0.2, 0.25) is 0 Å². The smallest absolute Gasteiger partial charge is 0.193 e. The maximum atomic E-state index is 4.50. The summed E-state index contributed by atoms with van der Waals surface area (Å²) in [6.07, 6.45) is 1.27. The Morgan fingerprint density at radius 3 is 2.90 bits per heavy atom. The van der Waals surface area contributed by atoms with Crippen molar-refractivity contribution in [3.63, 3.8) is 0 Å². The Balaban J connectivity index is 0.00000220. The van der Waals surface area contributed by atoms with Gasteiger partial charge in [-0.15, -0.1) is 35.3 Å². The fraction of sp³-hybridized carbons (Fsp3) is 0.714. The molecule has 1 N–H and O–H groups in total. The molecule has 1 saturated heterocycles. The number of hydrogen-bond acceptors (Lipinski definition) is 4. The van der Waals surface area contributed by atoms with Gasteiger partial charge in [0.1, 0.15) is 0 Å². The maximum Gasteiger partial charge on any atom is 0.193 e. The van der Waals surface area contributed by atoms with E-state index < -0.39 is 0 Å². The van der Waals surface area contributed by atoms with Crippen LogP contribution in [-0.4, -0.2) is 61.5 Å². The van der Waals surface area contributed by atoms with Crippen LogP contribution >= 0.6 is 35.3 Å². The second-order valence-corrected chi connectivity index (χ2v) is 6.62. The number of aromatic nitrogens is 1. The topological polar surface area (TPSA) is 43.8 Å². The molecule has 0 saturated carbocycles. The van der Waals surface area contributed by atoms with Gasteiger partial charge in [-0.1, -0.05) is 0 Å². The molecule has 7 heteroatoms. The van der Waals surface area contributed by atoms with Gasteiger partial charge in [-0.3, -0.25) is 4.99 Å². The average molecular weight is 423 g/mol. The van der Waals surface area contributed by atoms with Crippen LogP contribution in [0.3, 0.4) is 0 Å². The highest BCUT2D eigenvalue weighted by atomic mass is 127. The number of nitrogens with zero attached hydrogens (tertiary/aromatic N) is 4. The fourth-order valence-electron chi connectivity index (χ4n) is 2.61. The predicted octanol–water partition coefficient (Wildman–Crippen LogP) is 2.03. The number of aliphatic imine (C=N–C) groups is 1. The molecule has 1 aromatic heterocycles. The largest absolute Gasteiger partial charge is 0.356 e. The summed E-state index contributed by atoms with van der Waals surface area (Å²) in [5.41, 5.74) is 1.11. The molecule has 0 radical (unpaired) electrons. The molecule has 1 unspecified atom stereocenters. The lowest BCUT2D eigenvalue weighted by Crippen LogP contribution is -2.41. The van der Waals surface area contributed by atoms with E-state index in [1.54, 1.807) is 11.3 Å². The zero-order valence-electron chi connectivity index (χ0n) is 13.3. The minimum Gasteiger partial charge on any atom is -0.356 e. The van der Waals surface area contributed by atoms with Crippen LogP contribution in [0, 0.1) is 12.8 Å².